The van der Waals surface area contributed by atoms with E-state index in [2.05, 4.69) is 20.8 Å². The molecule has 6 nitrogen and oxygen atoms in total. The summed E-state index contributed by atoms with van der Waals surface area (Å²) in [6.45, 7) is 0.275. The molecule has 8 heteroatoms. The van der Waals surface area contributed by atoms with Crippen LogP contribution in [0.4, 0.5) is 11.4 Å². The Balaban J connectivity index is 1.35. The molecular formula is C20H17ClN4O2S. The molecule has 0 saturated carbocycles. The highest BCUT2D eigenvalue weighted by molar-refractivity contribution is 8.05. The molecule has 1 aliphatic heterocycles. The summed E-state index contributed by atoms with van der Waals surface area (Å²) in [6, 6.07) is 13.5. The Bertz CT molecular complexity index is 989. The molecule has 1 amide bonds. The fourth-order valence-corrected chi connectivity index (χ4v) is 3.91. The maximum Gasteiger partial charge on any atom is 0.257 e. The summed E-state index contributed by atoms with van der Waals surface area (Å²) >= 11 is 7.36. The van der Waals surface area contributed by atoms with E-state index < -0.39 is 0 Å². The number of thioether (sulfide) groups is 1. The number of carbonyl (C=O) groups is 1. The molecule has 0 saturated heterocycles. The summed E-state index contributed by atoms with van der Waals surface area (Å²) in [5, 5.41) is 10.2. The Kier molecular flexibility index (Phi) is 5.64. The fourth-order valence-electron chi connectivity index (χ4n) is 2.69. The third-order valence-corrected chi connectivity index (χ3v) is 5.58. The minimum Gasteiger partial charge on any atom is -0.359 e. The lowest BCUT2D eigenvalue weighted by Crippen LogP contribution is -2.22. The van der Waals surface area contributed by atoms with Crippen LogP contribution in [-0.2, 0) is 11.3 Å². The number of benzene rings is 1. The van der Waals surface area contributed by atoms with E-state index in [0.29, 0.717) is 22.8 Å². The molecule has 3 aromatic rings. The van der Waals surface area contributed by atoms with E-state index in [1.54, 1.807) is 12.4 Å². The standard InChI is InChI=1S/C20H17ClN4O2S/c21-19-8-7-18(28-19)20(26)23-12-16-10-17(25-27-16)13-3-5-14(6-4-13)24-15-2-1-9-22-11-15/h1-7,9-11,19,24H,8,12H2,(H,23,26). The summed E-state index contributed by atoms with van der Waals surface area (Å²) in [5.74, 6) is 0.448. The van der Waals surface area contributed by atoms with Gasteiger partial charge in [0.25, 0.3) is 5.91 Å². The summed E-state index contributed by atoms with van der Waals surface area (Å²) < 4.78 is 5.28. The lowest BCUT2D eigenvalue weighted by molar-refractivity contribution is -0.117. The van der Waals surface area contributed by atoms with E-state index >= 15 is 0 Å². The van der Waals surface area contributed by atoms with Crippen molar-refractivity contribution in [2.24, 2.45) is 0 Å². The molecule has 0 radical (unpaired) electrons. The van der Waals surface area contributed by atoms with E-state index in [-0.39, 0.29) is 17.2 Å². The molecule has 3 heterocycles. The van der Waals surface area contributed by atoms with Crippen LogP contribution in [0.1, 0.15) is 12.2 Å². The number of allylic oxidation sites excluding steroid dienone is 1. The maximum atomic E-state index is 12.1. The molecule has 4 rings (SSSR count). The van der Waals surface area contributed by atoms with Crippen molar-refractivity contribution in [2.45, 2.75) is 17.7 Å². The minimum atomic E-state index is -0.142. The van der Waals surface area contributed by atoms with Crippen LogP contribution >= 0.6 is 23.4 Å². The quantitative estimate of drug-likeness (QED) is 0.572. The van der Waals surface area contributed by atoms with Gasteiger partial charge in [-0.05, 0) is 30.7 Å². The first kappa shape index (κ1) is 18.6. The summed E-state index contributed by atoms with van der Waals surface area (Å²) in [5.41, 5.74) is 3.52. The molecule has 2 N–H and O–H groups in total. The molecule has 0 aliphatic carbocycles. The lowest BCUT2D eigenvalue weighted by Gasteiger charge is -2.06. The fraction of sp³-hybridized carbons (Fsp3) is 0.150. The van der Waals surface area contributed by atoms with Crippen LogP contribution in [-0.4, -0.2) is 20.8 Å². The Hall–Kier alpha value is -2.77. The average molecular weight is 413 g/mol. The van der Waals surface area contributed by atoms with Crippen molar-refractivity contribution in [3.8, 4) is 11.3 Å². The zero-order valence-corrected chi connectivity index (χ0v) is 16.3. The van der Waals surface area contributed by atoms with Gasteiger partial charge < -0.3 is 15.2 Å². The average Bonchev–Trinajstić information content (AvgIpc) is 3.37. The predicted octanol–water partition coefficient (Wildman–Crippen LogP) is 4.68. The molecule has 1 aromatic carbocycles. The molecule has 1 aliphatic rings. The van der Waals surface area contributed by atoms with Crippen molar-refractivity contribution in [1.82, 2.24) is 15.5 Å². The second-order valence-electron chi connectivity index (χ2n) is 6.14. The normalized spacial score (nSPS) is 15.9. The smallest absolute Gasteiger partial charge is 0.257 e. The van der Waals surface area contributed by atoms with Crippen LogP contribution in [0.3, 0.4) is 0 Å². The van der Waals surface area contributed by atoms with E-state index in [0.717, 1.165) is 16.9 Å². The molecular weight excluding hydrogens is 396 g/mol. The van der Waals surface area contributed by atoms with Crippen LogP contribution in [0.5, 0.6) is 0 Å². The van der Waals surface area contributed by atoms with Crippen molar-refractivity contribution in [2.75, 3.05) is 5.32 Å². The van der Waals surface area contributed by atoms with Gasteiger partial charge in [-0.1, -0.05) is 23.4 Å². The van der Waals surface area contributed by atoms with Crippen molar-refractivity contribution < 1.29 is 9.32 Å². The zero-order valence-electron chi connectivity index (χ0n) is 14.8. The number of halogens is 1. The first-order chi connectivity index (χ1) is 13.7. The number of hydrogen-bond acceptors (Lipinski definition) is 6. The zero-order chi connectivity index (χ0) is 19.3. The third kappa shape index (κ3) is 4.55. The van der Waals surface area contributed by atoms with Gasteiger partial charge in [-0.2, -0.15) is 0 Å². The monoisotopic (exact) mass is 412 g/mol. The first-order valence-corrected chi connectivity index (χ1v) is 10.0. The molecule has 0 fully saturated rings. The molecule has 0 spiro atoms. The summed E-state index contributed by atoms with van der Waals surface area (Å²) in [6.07, 6.45) is 6.05. The summed E-state index contributed by atoms with van der Waals surface area (Å²) in [4.78, 5) is 16.8. The first-order valence-electron chi connectivity index (χ1n) is 8.69. The van der Waals surface area contributed by atoms with Gasteiger partial charge in [0.1, 0.15) is 5.69 Å². The van der Waals surface area contributed by atoms with Crippen molar-refractivity contribution in [1.29, 1.82) is 0 Å². The number of nitrogens with zero attached hydrogens (tertiary/aromatic N) is 2. The highest BCUT2D eigenvalue weighted by Crippen LogP contribution is 2.34. The van der Waals surface area contributed by atoms with Gasteiger partial charge in [-0.25, -0.2) is 0 Å². The molecule has 1 atom stereocenters. The van der Waals surface area contributed by atoms with E-state index in [4.69, 9.17) is 16.1 Å². The number of aromatic nitrogens is 2. The van der Waals surface area contributed by atoms with Crippen LogP contribution < -0.4 is 10.6 Å². The van der Waals surface area contributed by atoms with Gasteiger partial charge in [0.2, 0.25) is 0 Å². The predicted molar refractivity (Wildman–Crippen MR) is 111 cm³/mol. The maximum absolute atomic E-state index is 12.1. The lowest BCUT2D eigenvalue weighted by atomic mass is 10.1. The molecule has 28 heavy (non-hydrogen) atoms. The highest BCUT2D eigenvalue weighted by atomic mass is 35.5. The third-order valence-electron chi connectivity index (χ3n) is 4.08. The minimum absolute atomic E-state index is 0.0618. The van der Waals surface area contributed by atoms with Gasteiger partial charge in [-0.3, -0.25) is 9.78 Å². The van der Waals surface area contributed by atoms with E-state index in [1.807, 2.05) is 48.5 Å². The van der Waals surface area contributed by atoms with Crippen LogP contribution in [0, 0.1) is 0 Å². The van der Waals surface area contributed by atoms with Crippen LogP contribution in [0.25, 0.3) is 11.3 Å². The van der Waals surface area contributed by atoms with Gasteiger partial charge in [0, 0.05) is 23.5 Å². The van der Waals surface area contributed by atoms with Gasteiger partial charge in [0.05, 0.1) is 28.0 Å². The van der Waals surface area contributed by atoms with Gasteiger partial charge in [0.15, 0.2) is 5.76 Å². The number of carbonyl (C=O) groups excluding carboxylic acids is 1. The second kappa shape index (κ2) is 8.50. The van der Waals surface area contributed by atoms with E-state index in [9.17, 15) is 4.79 Å². The van der Waals surface area contributed by atoms with Crippen LogP contribution in [0.2, 0.25) is 0 Å². The molecule has 142 valence electrons. The van der Waals surface area contributed by atoms with Gasteiger partial charge in [-0.15, -0.1) is 23.4 Å². The Morgan fingerprint density at radius 1 is 1.25 bits per heavy atom. The van der Waals surface area contributed by atoms with Crippen LogP contribution in [0.15, 0.2) is 70.4 Å². The van der Waals surface area contributed by atoms with E-state index in [1.165, 1.54) is 11.8 Å². The number of anilines is 2. The number of amides is 1. The molecule has 0 bridgehead atoms. The number of rotatable bonds is 6. The largest absolute Gasteiger partial charge is 0.359 e. The second-order valence-corrected chi connectivity index (χ2v) is 8.17. The number of nitrogens with one attached hydrogen (secondary N) is 2. The van der Waals surface area contributed by atoms with Crippen molar-refractivity contribution in [3.63, 3.8) is 0 Å². The topological polar surface area (TPSA) is 80.0 Å². The summed E-state index contributed by atoms with van der Waals surface area (Å²) in [7, 11) is 0. The highest BCUT2D eigenvalue weighted by Gasteiger charge is 2.21. The number of alkyl halides is 1. The van der Waals surface area contributed by atoms with Crippen molar-refractivity contribution in [3.05, 3.63) is 71.6 Å². The molecule has 1 unspecified atom stereocenters. The number of hydrogen-bond donors (Lipinski definition) is 2. The van der Waals surface area contributed by atoms with Gasteiger partial charge >= 0.3 is 0 Å². The van der Waals surface area contributed by atoms with Crippen molar-refractivity contribution >= 4 is 40.6 Å². The Labute approximate surface area is 171 Å². The molecule has 2 aromatic heterocycles. The Morgan fingerprint density at radius 3 is 2.82 bits per heavy atom. The number of pyridine rings is 1. The SMILES string of the molecule is O=C(NCc1cc(-c2ccc(Nc3cccnc3)cc2)no1)C1=CCC(Cl)S1. The Morgan fingerprint density at radius 2 is 2.11 bits per heavy atom.